The van der Waals surface area contributed by atoms with Gasteiger partial charge in [-0.15, -0.1) is 0 Å². The lowest BCUT2D eigenvalue weighted by Crippen LogP contribution is -1.88. The SMILES string of the molecule is BrCc1ncncn1. The zero-order chi connectivity index (χ0) is 5.82. The van der Waals surface area contributed by atoms with Gasteiger partial charge in [-0.25, -0.2) is 15.0 Å². The average Bonchev–Trinajstić information content (AvgIpc) is 1.90. The number of alkyl halides is 1. The van der Waals surface area contributed by atoms with Crippen LogP contribution in [0.1, 0.15) is 5.82 Å². The predicted octanol–water partition coefficient (Wildman–Crippen LogP) is 0.766. The number of hydrogen-bond donors (Lipinski definition) is 0. The predicted molar refractivity (Wildman–Crippen MR) is 32.5 cm³/mol. The molecule has 8 heavy (non-hydrogen) atoms. The Bertz CT molecular complexity index is 153. The summed E-state index contributed by atoms with van der Waals surface area (Å²) in [5.74, 6) is 0.764. The van der Waals surface area contributed by atoms with Crippen molar-refractivity contribution in [3.63, 3.8) is 0 Å². The van der Waals surface area contributed by atoms with Gasteiger partial charge in [-0.05, 0) is 0 Å². The second kappa shape index (κ2) is 2.71. The lowest BCUT2D eigenvalue weighted by atomic mass is 10.7. The fourth-order valence-corrected chi connectivity index (χ4v) is 0.622. The van der Waals surface area contributed by atoms with Crippen molar-refractivity contribution in [2.45, 2.75) is 5.33 Å². The van der Waals surface area contributed by atoms with Crippen LogP contribution >= 0.6 is 15.9 Å². The fraction of sp³-hybridized carbons (Fsp3) is 0.250. The van der Waals surface area contributed by atoms with Gasteiger partial charge in [-0.2, -0.15) is 0 Å². The van der Waals surface area contributed by atoms with Crippen molar-refractivity contribution < 1.29 is 0 Å². The number of aromatic nitrogens is 3. The summed E-state index contributed by atoms with van der Waals surface area (Å²) in [4.78, 5) is 11.3. The van der Waals surface area contributed by atoms with Crippen LogP contribution in [0.5, 0.6) is 0 Å². The van der Waals surface area contributed by atoms with Gasteiger partial charge in [0.25, 0.3) is 0 Å². The maximum absolute atomic E-state index is 3.83. The Morgan fingerprint density at radius 3 is 2.38 bits per heavy atom. The molecule has 0 aliphatic carbocycles. The Morgan fingerprint density at radius 1 is 1.38 bits per heavy atom. The van der Waals surface area contributed by atoms with Gasteiger partial charge in [0.15, 0.2) is 0 Å². The van der Waals surface area contributed by atoms with Gasteiger partial charge in [0.1, 0.15) is 18.5 Å². The first kappa shape index (κ1) is 5.62. The number of hydrogen-bond acceptors (Lipinski definition) is 3. The monoisotopic (exact) mass is 173 g/mol. The summed E-state index contributed by atoms with van der Waals surface area (Å²) < 4.78 is 0. The van der Waals surface area contributed by atoms with Crippen LogP contribution < -0.4 is 0 Å². The molecule has 0 aromatic carbocycles. The molecule has 0 N–H and O–H groups in total. The van der Waals surface area contributed by atoms with Gasteiger partial charge < -0.3 is 0 Å². The van der Waals surface area contributed by atoms with E-state index in [1.54, 1.807) is 0 Å². The van der Waals surface area contributed by atoms with Gasteiger partial charge >= 0.3 is 0 Å². The van der Waals surface area contributed by atoms with Gasteiger partial charge in [-0.1, -0.05) is 15.9 Å². The van der Waals surface area contributed by atoms with Crippen molar-refractivity contribution in [3.05, 3.63) is 18.5 Å². The van der Waals surface area contributed by atoms with Crippen LogP contribution in [0.15, 0.2) is 12.7 Å². The van der Waals surface area contributed by atoms with E-state index in [9.17, 15) is 0 Å². The van der Waals surface area contributed by atoms with E-state index >= 15 is 0 Å². The van der Waals surface area contributed by atoms with E-state index in [0.29, 0.717) is 5.33 Å². The average molecular weight is 174 g/mol. The zero-order valence-electron chi connectivity index (χ0n) is 4.08. The number of halogens is 1. The largest absolute Gasteiger partial charge is 0.225 e. The number of rotatable bonds is 1. The molecule has 1 aromatic rings. The van der Waals surface area contributed by atoms with E-state index in [1.807, 2.05) is 0 Å². The Balaban J connectivity index is 2.83. The molecule has 0 aliphatic heterocycles. The lowest BCUT2D eigenvalue weighted by molar-refractivity contribution is 0.965. The Hall–Kier alpha value is -0.510. The molecule has 1 heterocycles. The van der Waals surface area contributed by atoms with Gasteiger partial charge in [0.05, 0.1) is 5.33 Å². The van der Waals surface area contributed by atoms with E-state index in [1.165, 1.54) is 12.7 Å². The highest BCUT2D eigenvalue weighted by atomic mass is 79.9. The molecule has 0 bridgehead atoms. The molecule has 1 aromatic heterocycles. The second-order valence-electron chi connectivity index (χ2n) is 1.19. The van der Waals surface area contributed by atoms with E-state index < -0.39 is 0 Å². The third-order valence-corrected chi connectivity index (χ3v) is 1.17. The third-order valence-electron chi connectivity index (χ3n) is 0.666. The van der Waals surface area contributed by atoms with Crippen LogP contribution in [0.25, 0.3) is 0 Å². The molecule has 0 fully saturated rings. The topological polar surface area (TPSA) is 38.7 Å². The maximum Gasteiger partial charge on any atom is 0.142 e. The molecule has 3 nitrogen and oxygen atoms in total. The van der Waals surface area contributed by atoms with E-state index in [0.717, 1.165) is 5.82 Å². The van der Waals surface area contributed by atoms with Crippen LogP contribution in [-0.4, -0.2) is 15.0 Å². The smallest absolute Gasteiger partial charge is 0.142 e. The van der Waals surface area contributed by atoms with Crippen molar-refractivity contribution in [2.75, 3.05) is 0 Å². The molecule has 0 saturated heterocycles. The molecular formula is C4H4BrN3. The van der Waals surface area contributed by atoms with Crippen LogP contribution in [0.4, 0.5) is 0 Å². The maximum atomic E-state index is 3.83. The van der Waals surface area contributed by atoms with Crippen LogP contribution in [0, 0.1) is 0 Å². The van der Waals surface area contributed by atoms with Crippen molar-refractivity contribution >= 4 is 15.9 Å². The first-order chi connectivity index (χ1) is 3.93. The summed E-state index contributed by atoms with van der Waals surface area (Å²) in [6.45, 7) is 0. The van der Waals surface area contributed by atoms with Gasteiger partial charge in [0, 0.05) is 0 Å². The molecule has 0 spiro atoms. The quantitative estimate of drug-likeness (QED) is 0.590. The lowest BCUT2D eigenvalue weighted by Gasteiger charge is -1.85. The first-order valence-electron chi connectivity index (χ1n) is 2.10. The van der Waals surface area contributed by atoms with Crippen molar-refractivity contribution in [1.82, 2.24) is 15.0 Å². The second-order valence-corrected chi connectivity index (χ2v) is 1.75. The zero-order valence-corrected chi connectivity index (χ0v) is 5.67. The summed E-state index contributed by atoms with van der Waals surface area (Å²) >= 11 is 3.20. The van der Waals surface area contributed by atoms with Crippen molar-refractivity contribution in [1.29, 1.82) is 0 Å². The molecule has 0 radical (unpaired) electrons. The van der Waals surface area contributed by atoms with Crippen LogP contribution in [-0.2, 0) is 5.33 Å². The highest BCUT2D eigenvalue weighted by molar-refractivity contribution is 9.08. The summed E-state index contributed by atoms with van der Waals surface area (Å²) in [6.07, 6.45) is 2.95. The minimum absolute atomic E-state index is 0.690. The Kier molecular flexibility index (Phi) is 1.91. The minimum atomic E-state index is 0.690. The molecule has 0 saturated carbocycles. The van der Waals surface area contributed by atoms with Gasteiger partial charge in [-0.3, -0.25) is 0 Å². The van der Waals surface area contributed by atoms with E-state index in [4.69, 9.17) is 0 Å². The van der Waals surface area contributed by atoms with E-state index in [-0.39, 0.29) is 0 Å². The van der Waals surface area contributed by atoms with Crippen LogP contribution in [0.2, 0.25) is 0 Å². The minimum Gasteiger partial charge on any atom is -0.225 e. The molecule has 0 aliphatic rings. The van der Waals surface area contributed by atoms with Gasteiger partial charge in [0.2, 0.25) is 0 Å². The molecule has 1 rings (SSSR count). The highest BCUT2D eigenvalue weighted by Crippen LogP contribution is 1.92. The molecule has 4 heteroatoms. The third kappa shape index (κ3) is 1.23. The highest BCUT2D eigenvalue weighted by Gasteiger charge is 1.85. The first-order valence-corrected chi connectivity index (χ1v) is 3.22. The molecule has 0 atom stereocenters. The summed E-state index contributed by atoms with van der Waals surface area (Å²) in [5, 5.41) is 0.690. The summed E-state index contributed by atoms with van der Waals surface area (Å²) in [7, 11) is 0. The Morgan fingerprint density at radius 2 is 2.00 bits per heavy atom. The number of nitrogens with zero attached hydrogens (tertiary/aromatic N) is 3. The van der Waals surface area contributed by atoms with Crippen LogP contribution in [0.3, 0.4) is 0 Å². The fourth-order valence-electron chi connectivity index (χ4n) is 0.332. The molecule has 42 valence electrons. The Labute approximate surface area is 55.3 Å². The van der Waals surface area contributed by atoms with Crippen molar-refractivity contribution in [3.8, 4) is 0 Å². The van der Waals surface area contributed by atoms with E-state index in [2.05, 4.69) is 30.9 Å². The standard InChI is InChI=1S/C4H4BrN3/c5-1-4-7-2-6-3-8-4/h2-3H,1H2. The molecule has 0 amide bonds. The normalized spacial score (nSPS) is 9.12. The van der Waals surface area contributed by atoms with Crippen molar-refractivity contribution in [2.24, 2.45) is 0 Å². The summed E-state index contributed by atoms with van der Waals surface area (Å²) in [6, 6.07) is 0. The summed E-state index contributed by atoms with van der Waals surface area (Å²) in [5.41, 5.74) is 0. The molecule has 0 unspecified atom stereocenters. The molecular weight excluding hydrogens is 170 g/mol.